The fraction of sp³-hybridized carbons (Fsp3) is 1.00. The molecule has 0 bridgehead atoms. The van der Waals surface area contributed by atoms with Crippen LogP contribution in [0.1, 0.15) is 97.3 Å². The number of hydrogen-bond donors (Lipinski definition) is 1. The van der Waals surface area contributed by atoms with Gasteiger partial charge in [0.2, 0.25) is 0 Å². The first-order valence-electron chi connectivity index (χ1n) is 9.30. The Morgan fingerprint density at radius 3 is 1.41 bits per heavy atom. The normalized spacial score (nSPS) is 12.2. The summed E-state index contributed by atoms with van der Waals surface area (Å²) in [6.45, 7) is 5.34. The molecule has 2 N–H and O–H groups in total. The van der Waals surface area contributed by atoms with Crippen molar-refractivity contribution in [2.75, 3.05) is 13.1 Å². The van der Waals surface area contributed by atoms with Crippen LogP contribution in [-0.4, -0.2) is 25.8 Å². The summed E-state index contributed by atoms with van der Waals surface area (Å²) in [4.78, 5) is 0. The summed E-state index contributed by atoms with van der Waals surface area (Å²) in [6, 6.07) is 0. The lowest BCUT2D eigenvalue weighted by Crippen LogP contribution is -2.37. The highest BCUT2D eigenvalue weighted by atomic mass is 32.2. The van der Waals surface area contributed by atoms with Gasteiger partial charge in [0.25, 0.3) is 10.2 Å². The molecule has 0 rings (SSSR count). The molecule has 0 aromatic rings. The van der Waals surface area contributed by atoms with E-state index in [4.69, 9.17) is 5.14 Å². The van der Waals surface area contributed by atoms with Gasteiger partial charge in [-0.15, -0.1) is 0 Å². The van der Waals surface area contributed by atoms with Crippen LogP contribution in [0.15, 0.2) is 0 Å². The predicted molar refractivity (Wildman–Crippen MR) is 96.0 cm³/mol. The maximum absolute atomic E-state index is 11.4. The molecule has 0 aromatic heterocycles. The van der Waals surface area contributed by atoms with E-state index in [9.17, 15) is 8.42 Å². The molecule has 0 fully saturated rings. The van der Waals surface area contributed by atoms with E-state index in [-0.39, 0.29) is 0 Å². The maximum Gasteiger partial charge on any atom is 0.276 e. The summed E-state index contributed by atoms with van der Waals surface area (Å²) in [6.07, 6.45) is 16.3. The number of hydrogen-bond acceptors (Lipinski definition) is 2. The molecule has 0 amide bonds. The Labute approximate surface area is 139 Å². The number of nitrogens with two attached hydrogens (primary N) is 1. The van der Waals surface area contributed by atoms with Crippen LogP contribution < -0.4 is 5.14 Å². The van der Waals surface area contributed by atoms with Gasteiger partial charge in [-0.2, -0.15) is 12.7 Å². The quantitative estimate of drug-likeness (QED) is 0.419. The van der Waals surface area contributed by atoms with Crippen LogP contribution in [0.2, 0.25) is 0 Å². The third-order valence-electron chi connectivity index (χ3n) is 4.09. The average molecular weight is 335 g/mol. The van der Waals surface area contributed by atoms with Crippen LogP contribution in [0.5, 0.6) is 0 Å². The van der Waals surface area contributed by atoms with E-state index in [0.717, 1.165) is 19.3 Å². The minimum atomic E-state index is -3.51. The molecule has 0 spiro atoms. The van der Waals surface area contributed by atoms with Gasteiger partial charge in [-0.05, 0) is 12.8 Å². The second-order valence-electron chi connectivity index (χ2n) is 6.33. The molecular weight excluding hydrogens is 296 g/mol. The van der Waals surface area contributed by atoms with Crippen LogP contribution in [0.4, 0.5) is 0 Å². The Kier molecular flexibility index (Phi) is 14.4. The summed E-state index contributed by atoms with van der Waals surface area (Å²) in [7, 11) is -3.51. The van der Waals surface area contributed by atoms with Gasteiger partial charge in [-0.1, -0.05) is 84.5 Å². The predicted octanol–water partition coefficient (Wildman–Crippen LogP) is 4.60. The number of rotatable bonds is 16. The van der Waals surface area contributed by atoms with E-state index in [2.05, 4.69) is 6.92 Å². The van der Waals surface area contributed by atoms with Crippen molar-refractivity contribution in [2.45, 2.75) is 97.3 Å². The van der Waals surface area contributed by atoms with Gasteiger partial charge in [0.1, 0.15) is 0 Å². The summed E-state index contributed by atoms with van der Waals surface area (Å²) < 4.78 is 24.1. The first-order valence-corrected chi connectivity index (χ1v) is 10.8. The molecule has 0 atom stereocenters. The molecular formula is C17H38N2O2S. The largest absolute Gasteiger partial charge is 0.276 e. The Bertz CT molecular complexity index is 332. The number of unbranched alkanes of at least 4 members (excludes halogenated alkanes) is 11. The van der Waals surface area contributed by atoms with Gasteiger partial charge >= 0.3 is 0 Å². The first kappa shape index (κ1) is 21.9. The van der Waals surface area contributed by atoms with Gasteiger partial charge in [-0.25, -0.2) is 5.14 Å². The van der Waals surface area contributed by atoms with Gasteiger partial charge in [0.15, 0.2) is 0 Å². The molecule has 22 heavy (non-hydrogen) atoms. The molecule has 134 valence electrons. The molecule has 0 radical (unpaired) electrons. The van der Waals surface area contributed by atoms with E-state index in [1.807, 2.05) is 6.92 Å². The molecule has 0 saturated carbocycles. The Morgan fingerprint density at radius 2 is 1.05 bits per heavy atom. The van der Waals surface area contributed by atoms with Crippen molar-refractivity contribution >= 4 is 10.2 Å². The smallest absolute Gasteiger partial charge is 0.216 e. The SMILES string of the molecule is CCCCCCCCCCCCCCN(CCC)S(N)(=O)=O. The lowest BCUT2D eigenvalue weighted by Gasteiger charge is -2.18. The average Bonchev–Trinajstić information content (AvgIpc) is 2.46. The summed E-state index contributed by atoms with van der Waals surface area (Å²) in [5, 5.41) is 5.20. The zero-order chi connectivity index (χ0) is 16.7. The minimum Gasteiger partial charge on any atom is -0.216 e. The van der Waals surface area contributed by atoms with Crippen LogP contribution in [0, 0.1) is 0 Å². The topological polar surface area (TPSA) is 63.4 Å². The van der Waals surface area contributed by atoms with Crippen molar-refractivity contribution in [2.24, 2.45) is 5.14 Å². The van der Waals surface area contributed by atoms with E-state index >= 15 is 0 Å². The van der Waals surface area contributed by atoms with Crippen LogP contribution in [0.25, 0.3) is 0 Å². The second kappa shape index (κ2) is 14.5. The third-order valence-corrected chi connectivity index (χ3v) is 5.18. The molecule has 4 nitrogen and oxygen atoms in total. The Morgan fingerprint density at radius 1 is 0.636 bits per heavy atom. The highest BCUT2D eigenvalue weighted by Gasteiger charge is 2.14. The minimum absolute atomic E-state index is 0.539. The fourth-order valence-electron chi connectivity index (χ4n) is 2.74. The van der Waals surface area contributed by atoms with Crippen LogP contribution >= 0.6 is 0 Å². The second-order valence-corrected chi connectivity index (χ2v) is 7.88. The van der Waals surface area contributed by atoms with Gasteiger partial charge in [0.05, 0.1) is 0 Å². The van der Waals surface area contributed by atoms with Crippen molar-refractivity contribution in [3.8, 4) is 0 Å². The third kappa shape index (κ3) is 13.5. The zero-order valence-corrected chi connectivity index (χ0v) is 15.7. The van der Waals surface area contributed by atoms with E-state index < -0.39 is 10.2 Å². The molecule has 0 aliphatic heterocycles. The van der Waals surface area contributed by atoms with Crippen LogP contribution in [-0.2, 0) is 10.2 Å². The van der Waals surface area contributed by atoms with Crippen molar-refractivity contribution in [1.29, 1.82) is 0 Å². The van der Waals surface area contributed by atoms with E-state index in [1.165, 1.54) is 68.5 Å². The van der Waals surface area contributed by atoms with Crippen molar-refractivity contribution in [3.05, 3.63) is 0 Å². The fourth-order valence-corrected chi connectivity index (χ4v) is 3.57. The molecule has 0 heterocycles. The van der Waals surface area contributed by atoms with Crippen molar-refractivity contribution in [1.82, 2.24) is 4.31 Å². The Balaban J connectivity index is 3.39. The van der Waals surface area contributed by atoms with Crippen molar-refractivity contribution in [3.63, 3.8) is 0 Å². The molecule has 0 aliphatic rings. The van der Waals surface area contributed by atoms with E-state index in [0.29, 0.717) is 13.1 Å². The van der Waals surface area contributed by atoms with Gasteiger partial charge < -0.3 is 0 Å². The molecule has 5 heteroatoms. The number of nitrogens with zero attached hydrogens (tertiary/aromatic N) is 1. The maximum atomic E-state index is 11.4. The molecule has 0 aliphatic carbocycles. The van der Waals surface area contributed by atoms with Gasteiger partial charge in [-0.3, -0.25) is 0 Å². The lowest BCUT2D eigenvalue weighted by atomic mass is 10.1. The van der Waals surface area contributed by atoms with E-state index in [1.54, 1.807) is 0 Å². The standard InChI is InChI=1S/C17H38N2O2S/c1-3-5-6-7-8-9-10-11-12-13-14-15-17-19(16-4-2)22(18,20)21/h3-17H2,1-2H3,(H2,18,20,21). The zero-order valence-electron chi connectivity index (χ0n) is 14.9. The van der Waals surface area contributed by atoms with Gasteiger partial charge in [0, 0.05) is 13.1 Å². The monoisotopic (exact) mass is 334 g/mol. The summed E-state index contributed by atoms with van der Waals surface area (Å²) >= 11 is 0. The first-order chi connectivity index (χ1) is 10.5. The summed E-state index contributed by atoms with van der Waals surface area (Å²) in [5.41, 5.74) is 0. The Hall–Kier alpha value is -0.130. The van der Waals surface area contributed by atoms with Crippen LogP contribution in [0.3, 0.4) is 0 Å². The highest BCUT2D eigenvalue weighted by Crippen LogP contribution is 2.12. The lowest BCUT2D eigenvalue weighted by molar-refractivity contribution is 0.396. The van der Waals surface area contributed by atoms with Crippen molar-refractivity contribution < 1.29 is 8.42 Å². The highest BCUT2D eigenvalue weighted by molar-refractivity contribution is 7.86. The molecule has 0 aromatic carbocycles. The molecule has 0 unspecified atom stereocenters. The molecule has 0 saturated heterocycles. The summed E-state index contributed by atoms with van der Waals surface area (Å²) in [5.74, 6) is 0.